The van der Waals surface area contributed by atoms with Crippen molar-refractivity contribution in [2.45, 2.75) is 13.0 Å². The van der Waals surface area contributed by atoms with E-state index in [1.807, 2.05) is 31.2 Å². The molecule has 3 heteroatoms. The fraction of sp³-hybridized carbons (Fsp3) is 0.200. The molecule has 18 heavy (non-hydrogen) atoms. The summed E-state index contributed by atoms with van der Waals surface area (Å²) in [5, 5.41) is 0. The van der Waals surface area contributed by atoms with Crippen LogP contribution in [0.1, 0.15) is 22.7 Å². The van der Waals surface area contributed by atoms with E-state index >= 15 is 0 Å². The topological polar surface area (TPSA) is 35.2 Å². The first-order chi connectivity index (χ1) is 8.63. The number of methoxy groups -OCH3 is 1. The lowest BCUT2D eigenvalue weighted by Crippen LogP contribution is -2.14. The minimum Gasteiger partial charge on any atom is -0.496 e. The summed E-state index contributed by atoms with van der Waals surface area (Å²) in [6, 6.07) is 11.8. The average Bonchev–Trinajstić information content (AvgIpc) is 2.40. The zero-order chi connectivity index (χ0) is 13.1. The molecule has 0 aromatic heterocycles. The first-order valence-electron chi connectivity index (χ1n) is 5.78. The van der Waals surface area contributed by atoms with E-state index in [0.717, 1.165) is 11.1 Å². The Labute approximate surface area is 106 Å². The molecule has 0 radical (unpaired) electrons. The molecule has 2 nitrogen and oxygen atoms in total. The molecule has 0 aliphatic rings. The normalized spacial score (nSPS) is 12.2. The maximum atomic E-state index is 13.8. The first kappa shape index (κ1) is 12.6. The van der Waals surface area contributed by atoms with Crippen molar-refractivity contribution in [3.05, 3.63) is 65.0 Å². The van der Waals surface area contributed by atoms with Gasteiger partial charge in [0, 0.05) is 11.1 Å². The molecule has 0 amide bonds. The van der Waals surface area contributed by atoms with Gasteiger partial charge >= 0.3 is 0 Å². The third kappa shape index (κ3) is 2.36. The lowest BCUT2D eigenvalue weighted by Gasteiger charge is -2.17. The van der Waals surface area contributed by atoms with Crippen LogP contribution in [0.2, 0.25) is 0 Å². The number of ether oxygens (including phenoxy) is 1. The molecule has 2 aromatic carbocycles. The van der Waals surface area contributed by atoms with Crippen molar-refractivity contribution in [1.29, 1.82) is 0 Å². The van der Waals surface area contributed by atoms with Crippen molar-refractivity contribution in [2.75, 3.05) is 7.11 Å². The van der Waals surface area contributed by atoms with Gasteiger partial charge in [-0.2, -0.15) is 0 Å². The van der Waals surface area contributed by atoms with Crippen molar-refractivity contribution in [1.82, 2.24) is 0 Å². The Kier molecular flexibility index (Phi) is 3.63. The third-order valence-corrected chi connectivity index (χ3v) is 2.96. The van der Waals surface area contributed by atoms with Gasteiger partial charge in [0.2, 0.25) is 0 Å². The van der Waals surface area contributed by atoms with Crippen LogP contribution in [0.5, 0.6) is 5.75 Å². The van der Waals surface area contributed by atoms with Gasteiger partial charge < -0.3 is 10.5 Å². The van der Waals surface area contributed by atoms with Crippen molar-refractivity contribution in [2.24, 2.45) is 5.73 Å². The Morgan fingerprint density at radius 3 is 2.56 bits per heavy atom. The Balaban J connectivity index is 2.47. The first-order valence-corrected chi connectivity index (χ1v) is 5.78. The maximum Gasteiger partial charge on any atom is 0.128 e. The van der Waals surface area contributed by atoms with Crippen molar-refractivity contribution in [3.8, 4) is 5.75 Å². The predicted octanol–water partition coefficient (Wildman–Crippen LogP) is 3.19. The second-order valence-electron chi connectivity index (χ2n) is 4.24. The van der Waals surface area contributed by atoms with Crippen LogP contribution in [0.15, 0.2) is 42.5 Å². The van der Waals surface area contributed by atoms with Crippen LogP contribution in [-0.2, 0) is 0 Å². The number of rotatable bonds is 3. The Bertz CT molecular complexity index is 554. The largest absolute Gasteiger partial charge is 0.496 e. The maximum absolute atomic E-state index is 13.8. The lowest BCUT2D eigenvalue weighted by molar-refractivity contribution is 0.407. The summed E-state index contributed by atoms with van der Waals surface area (Å²) in [5.74, 6) is 0.380. The van der Waals surface area contributed by atoms with Crippen molar-refractivity contribution >= 4 is 0 Å². The highest BCUT2D eigenvalue weighted by molar-refractivity contribution is 5.42. The number of para-hydroxylation sites is 1. The molecule has 2 aromatic rings. The highest BCUT2D eigenvalue weighted by Crippen LogP contribution is 2.29. The SMILES string of the molecule is COc1ccccc1C(N)c1cc(C)ccc1F. The molecular weight excluding hydrogens is 229 g/mol. The van der Waals surface area contributed by atoms with Crippen LogP contribution in [0, 0.1) is 12.7 Å². The van der Waals surface area contributed by atoms with E-state index in [1.165, 1.54) is 6.07 Å². The fourth-order valence-electron chi connectivity index (χ4n) is 1.99. The van der Waals surface area contributed by atoms with E-state index in [1.54, 1.807) is 19.2 Å². The van der Waals surface area contributed by atoms with Gasteiger partial charge in [-0.15, -0.1) is 0 Å². The molecule has 0 bridgehead atoms. The highest BCUT2D eigenvalue weighted by atomic mass is 19.1. The van der Waals surface area contributed by atoms with Crippen LogP contribution in [0.4, 0.5) is 4.39 Å². The minimum absolute atomic E-state index is 0.293. The van der Waals surface area contributed by atoms with Gasteiger partial charge in [0.1, 0.15) is 11.6 Å². The van der Waals surface area contributed by atoms with Crippen LogP contribution in [-0.4, -0.2) is 7.11 Å². The minimum atomic E-state index is -0.527. The van der Waals surface area contributed by atoms with Gasteiger partial charge in [0.05, 0.1) is 13.2 Å². The summed E-state index contributed by atoms with van der Waals surface area (Å²) in [7, 11) is 1.58. The lowest BCUT2D eigenvalue weighted by atomic mass is 9.97. The quantitative estimate of drug-likeness (QED) is 0.901. The zero-order valence-electron chi connectivity index (χ0n) is 10.5. The van der Waals surface area contributed by atoms with Gasteiger partial charge in [0.25, 0.3) is 0 Å². The standard InChI is InChI=1S/C15H16FNO/c1-10-7-8-13(16)12(9-10)15(17)11-5-3-4-6-14(11)18-2/h3-9,15H,17H2,1-2H3. The molecule has 0 saturated heterocycles. The van der Waals surface area contributed by atoms with Crippen LogP contribution < -0.4 is 10.5 Å². The molecule has 2 N–H and O–H groups in total. The summed E-state index contributed by atoms with van der Waals surface area (Å²) in [6.07, 6.45) is 0. The average molecular weight is 245 g/mol. The molecule has 0 aliphatic carbocycles. The molecule has 0 saturated carbocycles. The van der Waals surface area contributed by atoms with Gasteiger partial charge in [-0.3, -0.25) is 0 Å². The molecule has 1 atom stereocenters. The number of benzene rings is 2. The predicted molar refractivity (Wildman–Crippen MR) is 70.2 cm³/mol. The number of aryl methyl sites for hydroxylation is 1. The van der Waals surface area contributed by atoms with Crippen LogP contribution >= 0.6 is 0 Å². The van der Waals surface area contributed by atoms with Crippen molar-refractivity contribution in [3.63, 3.8) is 0 Å². The molecular formula is C15H16FNO. The second-order valence-corrected chi connectivity index (χ2v) is 4.24. The van der Waals surface area contributed by atoms with Gasteiger partial charge in [0.15, 0.2) is 0 Å². The summed E-state index contributed by atoms with van der Waals surface area (Å²) >= 11 is 0. The fourth-order valence-corrected chi connectivity index (χ4v) is 1.99. The van der Waals surface area contributed by atoms with E-state index in [-0.39, 0.29) is 5.82 Å². The Morgan fingerprint density at radius 1 is 1.11 bits per heavy atom. The van der Waals surface area contributed by atoms with Crippen LogP contribution in [0.25, 0.3) is 0 Å². The van der Waals surface area contributed by atoms with E-state index in [9.17, 15) is 4.39 Å². The van der Waals surface area contributed by atoms with E-state index in [4.69, 9.17) is 10.5 Å². The van der Waals surface area contributed by atoms with Crippen molar-refractivity contribution < 1.29 is 9.13 Å². The van der Waals surface area contributed by atoms with E-state index < -0.39 is 6.04 Å². The number of hydrogen-bond acceptors (Lipinski definition) is 2. The Morgan fingerprint density at radius 2 is 1.83 bits per heavy atom. The number of halogens is 1. The molecule has 94 valence electrons. The molecule has 2 rings (SSSR count). The van der Waals surface area contributed by atoms with Crippen LogP contribution in [0.3, 0.4) is 0 Å². The van der Waals surface area contributed by atoms with E-state index in [0.29, 0.717) is 11.3 Å². The molecule has 0 fully saturated rings. The monoisotopic (exact) mass is 245 g/mol. The number of hydrogen-bond donors (Lipinski definition) is 1. The Hall–Kier alpha value is -1.87. The molecule has 0 heterocycles. The zero-order valence-corrected chi connectivity index (χ0v) is 10.5. The number of nitrogens with two attached hydrogens (primary N) is 1. The highest BCUT2D eigenvalue weighted by Gasteiger charge is 2.17. The molecule has 0 aliphatic heterocycles. The second kappa shape index (κ2) is 5.19. The summed E-state index contributed by atoms with van der Waals surface area (Å²) < 4.78 is 19.1. The van der Waals surface area contributed by atoms with Gasteiger partial charge in [-0.1, -0.05) is 35.9 Å². The van der Waals surface area contributed by atoms with Gasteiger partial charge in [-0.25, -0.2) is 4.39 Å². The third-order valence-electron chi connectivity index (χ3n) is 2.96. The summed E-state index contributed by atoms with van der Waals surface area (Å²) in [4.78, 5) is 0. The summed E-state index contributed by atoms with van der Waals surface area (Å²) in [5.41, 5.74) is 8.39. The molecule has 1 unspecified atom stereocenters. The van der Waals surface area contributed by atoms with Gasteiger partial charge in [-0.05, 0) is 19.1 Å². The summed E-state index contributed by atoms with van der Waals surface area (Å²) in [6.45, 7) is 1.91. The molecule has 0 spiro atoms. The van der Waals surface area contributed by atoms with E-state index in [2.05, 4.69) is 0 Å². The smallest absolute Gasteiger partial charge is 0.128 e.